The summed E-state index contributed by atoms with van der Waals surface area (Å²) in [5.74, 6) is -0.00299. The SMILES string of the molecule is CCCCCCCCCCCCCCCCCCCCC(=O)OCCCCCCCCCCCCCCCCC/C=C\C/C=C\CCCCCCCCCCCCCCCCCCCC(=O)NC(CO)C(O)CCCCCCCCCCCCCCCC. The molecule has 0 fully saturated rings. The second-order valence-electron chi connectivity index (χ2n) is 28.1. The highest BCUT2D eigenvalue weighted by Gasteiger charge is 2.20. The Hall–Kier alpha value is -1.66. The van der Waals surface area contributed by atoms with Crippen LogP contribution in [0.1, 0.15) is 463 Å². The van der Waals surface area contributed by atoms with Crippen LogP contribution >= 0.6 is 0 Å². The van der Waals surface area contributed by atoms with E-state index in [1.165, 1.54) is 385 Å². The Balaban J connectivity index is 3.32. The van der Waals surface area contributed by atoms with Crippen LogP contribution in [0.25, 0.3) is 0 Å². The minimum Gasteiger partial charge on any atom is -0.466 e. The van der Waals surface area contributed by atoms with Gasteiger partial charge in [-0.25, -0.2) is 0 Å². The number of ether oxygens (including phenoxy) is 1. The van der Waals surface area contributed by atoms with Gasteiger partial charge in [0.1, 0.15) is 0 Å². The summed E-state index contributed by atoms with van der Waals surface area (Å²) in [5.41, 5.74) is 0. The van der Waals surface area contributed by atoms with Crippen molar-refractivity contribution in [3.63, 3.8) is 0 Å². The maximum Gasteiger partial charge on any atom is 0.305 e. The molecule has 2 atom stereocenters. The van der Waals surface area contributed by atoms with E-state index in [4.69, 9.17) is 4.74 Å². The Morgan fingerprint density at radius 2 is 0.568 bits per heavy atom. The smallest absolute Gasteiger partial charge is 0.305 e. The van der Waals surface area contributed by atoms with Crippen LogP contribution in [-0.4, -0.2) is 47.4 Å². The molecule has 2 unspecified atom stereocenters. The molecule has 3 N–H and O–H groups in total. The van der Waals surface area contributed by atoms with Gasteiger partial charge in [0.2, 0.25) is 5.91 Å². The average molecular weight is 1240 g/mol. The minimum atomic E-state index is -0.661. The van der Waals surface area contributed by atoms with Crippen molar-refractivity contribution >= 4 is 11.9 Å². The summed E-state index contributed by atoms with van der Waals surface area (Å²) in [4.78, 5) is 24.6. The van der Waals surface area contributed by atoms with E-state index in [2.05, 4.69) is 43.5 Å². The topological polar surface area (TPSA) is 95.9 Å². The van der Waals surface area contributed by atoms with Gasteiger partial charge in [0, 0.05) is 12.8 Å². The van der Waals surface area contributed by atoms with Crippen molar-refractivity contribution < 1.29 is 24.5 Å². The number of unbranched alkanes of at least 4 members (excludes halogenated alkanes) is 62. The first-order valence-corrected chi connectivity index (χ1v) is 40.6. The number of carbonyl (C=O) groups is 2. The highest BCUT2D eigenvalue weighted by Crippen LogP contribution is 2.20. The molecular formula is C82H159NO5. The van der Waals surface area contributed by atoms with E-state index in [9.17, 15) is 19.8 Å². The molecule has 0 saturated heterocycles. The van der Waals surface area contributed by atoms with E-state index in [1.54, 1.807) is 0 Å². The third-order valence-electron chi connectivity index (χ3n) is 19.3. The third kappa shape index (κ3) is 73.4. The summed E-state index contributed by atoms with van der Waals surface area (Å²) < 4.78 is 5.52. The summed E-state index contributed by atoms with van der Waals surface area (Å²) in [6, 6.07) is -0.538. The van der Waals surface area contributed by atoms with Gasteiger partial charge in [-0.05, 0) is 57.8 Å². The van der Waals surface area contributed by atoms with Crippen LogP contribution in [0.15, 0.2) is 24.3 Å². The summed E-state index contributed by atoms with van der Waals surface area (Å²) in [5, 5.41) is 23.3. The molecular weight excluding hydrogens is 1080 g/mol. The van der Waals surface area contributed by atoms with Gasteiger partial charge < -0.3 is 20.3 Å². The first kappa shape index (κ1) is 86.3. The van der Waals surface area contributed by atoms with Gasteiger partial charge in [0.25, 0.3) is 0 Å². The molecule has 0 aromatic carbocycles. The number of rotatable bonds is 77. The lowest BCUT2D eigenvalue weighted by Crippen LogP contribution is -2.45. The number of aliphatic hydroxyl groups is 2. The standard InChI is InChI=1S/C82H159NO5/c1-3-5-7-9-11-13-15-17-19-20-45-48-52-56-60-64-68-72-76-82(87)88-77-73-69-65-61-57-53-49-46-43-41-39-37-35-33-31-29-27-25-23-21-22-24-26-28-30-32-34-36-38-40-42-44-47-51-55-59-63-67-71-75-81(86)83-79(78-84)80(85)74-70-66-62-58-54-50-18-16-14-12-10-8-6-4-2/h21-22,25,27,79-80,84-85H,3-20,23-24,26,28-78H2,1-2H3,(H,83,86)/b22-21-,27-25-. The van der Waals surface area contributed by atoms with Crippen molar-refractivity contribution in [2.45, 2.75) is 475 Å². The molecule has 0 aliphatic heterocycles. The first-order valence-electron chi connectivity index (χ1n) is 40.6. The van der Waals surface area contributed by atoms with Gasteiger partial charge >= 0.3 is 5.97 Å². The molecule has 0 aliphatic rings. The molecule has 0 aromatic rings. The lowest BCUT2D eigenvalue weighted by Gasteiger charge is -2.22. The molecule has 6 nitrogen and oxygen atoms in total. The minimum absolute atomic E-state index is 0.0257. The van der Waals surface area contributed by atoms with Gasteiger partial charge in [0.15, 0.2) is 0 Å². The molecule has 0 saturated carbocycles. The van der Waals surface area contributed by atoms with Crippen molar-refractivity contribution in [1.82, 2.24) is 5.32 Å². The van der Waals surface area contributed by atoms with Crippen LogP contribution < -0.4 is 5.32 Å². The zero-order valence-electron chi connectivity index (χ0n) is 60.0. The number of esters is 1. The van der Waals surface area contributed by atoms with E-state index in [-0.39, 0.29) is 18.5 Å². The molecule has 0 radical (unpaired) electrons. The molecule has 6 heteroatoms. The number of allylic oxidation sites excluding steroid dienone is 4. The van der Waals surface area contributed by atoms with Crippen molar-refractivity contribution in [1.29, 1.82) is 0 Å². The summed E-state index contributed by atoms with van der Waals surface area (Å²) in [6.45, 7) is 5.00. The van der Waals surface area contributed by atoms with Crippen LogP contribution in [0.2, 0.25) is 0 Å². The predicted octanol–water partition coefficient (Wildman–Crippen LogP) is 26.8. The number of nitrogens with one attached hydrogen (secondary N) is 1. The van der Waals surface area contributed by atoms with Crippen LogP contribution in [0, 0.1) is 0 Å². The van der Waals surface area contributed by atoms with E-state index in [1.807, 2.05) is 0 Å². The Kier molecular flexibility index (Phi) is 76.3. The summed E-state index contributed by atoms with van der Waals surface area (Å²) in [7, 11) is 0. The van der Waals surface area contributed by atoms with Gasteiger partial charge in [-0.2, -0.15) is 0 Å². The largest absolute Gasteiger partial charge is 0.466 e. The Morgan fingerprint density at radius 3 is 0.864 bits per heavy atom. The molecule has 0 aliphatic carbocycles. The molecule has 522 valence electrons. The lowest BCUT2D eigenvalue weighted by atomic mass is 10.0. The second-order valence-corrected chi connectivity index (χ2v) is 28.1. The van der Waals surface area contributed by atoms with Gasteiger partial charge in [0.05, 0.1) is 25.4 Å². The maximum absolute atomic E-state index is 12.5. The fourth-order valence-electron chi connectivity index (χ4n) is 13.1. The Morgan fingerprint density at radius 1 is 0.318 bits per heavy atom. The van der Waals surface area contributed by atoms with Crippen LogP contribution in [0.5, 0.6) is 0 Å². The zero-order valence-corrected chi connectivity index (χ0v) is 60.0. The van der Waals surface area contributed by atoms with Crippen molar-refractivity contribution in [2.24, 2.45) is 0 Å². The third-order valence-corrected chi connectivity index (χ3v) is 19.3. The average Bonchev–Trinajstić information content (AvgIpc) is 3.58. The second kappa shape index (κ2) is 77.8. The number of amides is 1. The molecule has 0 rings (SSSR count). The number of carbonyl (C=O) groups excluding carboxylic acids is 2. The predicted molar refractivity (Wildman–Crippen MR) is 389 cm³/mol. The molecule has 1 amide bonds. The Bertz CT molecular complexity index is 1380. The van der Waals surface area contributed by atoms with Crippen LogP contribution in [0.4, 0.5) is 0 Å². The fourth-order valence-corrected chi connectivity index (χ4v) is 13.1. The number of hydrogen-bond donors (Lipinski definition) is 3. The fraction of sp³-hybridized carbons (Fsp3) is 0.927. The van der Waals surface area contributed by atoms with Gasteiger partial charge in [-0.1, -0.05) is 417 Å². The zero-order chi connectivity index (χ0) is 63.5. The van der Waals surface area contributed by atoms with E-state index in [0.717, 1.165) is 44.9 Å². The number of hydrogen-bond acceptors (Lipinski definition) is 5. The maximum atomic E-state index is 12.5. The molecule has 0 heterocycles. The highest BCUT2D eigenvalue weighted by atomic mass is 16.5. The first-order chi connectivity index (χ1) is 43.5. The molecule has 0 spiro atoms. The Labute approximate surface area is 551 Å². The lowest BCUT2D eigenvalue weighted by molar-refractivity contribution is -0.143. The van der Waals surface area contributed by atoms with E-state index < -0.39 is 12.1 Å². The van der Waals surface area contributed by atoms with Crippen LogP contribution in [-0.2, 0) is 14.3 Å². The van der Waals surface area contributed by atoms with E-state index >= 15 is 0 Å². The molecule has 0 bridgehead atoms. The number of aliphatic hydroxyl groups excluding tert-OH is 2. The van der Waals surface area contributed by atoms with Gasteiger partial charge in [-0.15, -0.1) is 0 Å². The normalized spacial score (nSPS) is 12.5. The van der Waals surface area contributed by atoms with Crippen molar-refractivity contribution in [3.8, 4) is 0 Å². The molecule has 88 heavy (non-hydrogen) atoms. The van der Waals surface area contributed by atoms with Crippen molar-refractivity contribution in [2.75, 3.05) is 13.2 Å². The summed E-state index contributed by atoms with van der Waals surface area (Å²) in [6.07, 6.45) is 100. The summed E-state index contributed by atoms with van der Waals surface area (Å²) >= 11 is 0. The van der Waals surface area contributed by atoms with Crippen molar-refractivity contribution in [3.05, 3.63) is 24.3 Å². The van der Waals surface area contributed by atoms with Gasteiger partial charge in [-0.3, -0.25) is 9.59 Å². The van der Waals surface area contributed by atoms with E-state index in [0.29, 0.717) is 25.9 Å². The highest BCUT2D eigenvalue weighted by molar-refractivity contribution is 5.76. The quantitative estimate of drug-likeness (QED) is 0.0320. The molecule has 0 aromatic heterocycles. The monoisotopic (exact) mass is 1240 g/mol. The van der Waals surface area contributed by atoms with Crippen LogP contribution in [0.3, 0.4) is 0 Å².